The number of hydrogen-bond acceptors (Lipinski definition) is 7. The summed E-state index contributed by atoms with van der Waals surface area (Å²) in [6.07, 6.45) is 2.62. The monoisotopic (exact) mass is 268 g/mol. The minimum absolute atomic E-state index is 0.0508. The van der Waals surface area contributed by atoms with Crippen molar-refractivity contribution in [1.82, 2.24) is 9.97 Å². The summed E-state index contributed by atoms with van der Waals surface area (Å²) >= 11 is 0. The lowest BCUT2D eigenvalue weighted by molar-refractivity contribution is -0.385. The Labute approximate surface area is 107 Å². The highest BCUT2D eigenvalue weighted by Crippen LogP contribution is 2.25. The van der Waals surface area contributed by atoms with Gasteiger partial charge >= 0.3 is 11.7 Å². The molecule has 9 nitrogen and oxygen atoms in total. The van der Waals surface area contributed by atoms with Gasteiger partial charge in [-0.05, 0) is 0 Å². The maximum absolute atomic E-state index is 11.4. The summed E-state index contributed by atoms with van der Waals surface area (Å²) in [6, 6.07) is 0. The fourth-order valence-corrected chi connectivity index (χ4v) is 1.81. The fraction of sp³-hybridized carbons (Fsp3) is 0.500. The average Bonchev–Trinajstić information content (AvgIpc) is 2.40. The van der Waals surface area contributed by atoms with Crippen molar-refractivity contribution in [2.24, 2.45) is 0 Å². The number of aromatic nitrogens is 2. The SMILES string of the molecule is O=C(O)C1(Nc2ncc([N+](=O)[O-])cn2)CCOCC1. The van der Waals surface area contributed by atoms with Crippen LogP contribution in [0, 0.1) is 10.1 Å². The quantitative estimate of drug-likeness (QED) is 0.594. The van der Waals surface area contributed by atoms with Crippen LogP contribution in [-0.4, -0.2) is 44.7 Å². The van der Waals surface area contributed by atoms with Crippen molar-refractivity contribution < 1.29 is 19.6 Å². The third kappa shape index (κ3) is 2.76. The molecule has 1 aromatic rings. The highest BCUT2D eigenvalue weighted by atomic mass is 16.6. The van der Waals surface area contributed by atoms with Gasteiger partial charge in [0.05, 0.1) is 4.92 Å². The topological polar surface area (TPSA) is 127 Å². The molecule has 0 amide bonds. The second-order valence-corrected chi connectivity index (χ2v) is 4.15. The molecule has 0 aromatic carbocycles. The van der Waals surface area contributed by atoms with Crippen molar-refractivity contribution in [3.8, 4) is 0 Å². The van der Waals surface area contributed by atoms with Crippen molar-refractivity contribution in [1.29, 1.82) is 0 Å². The van der Waals surface area contributed by atoms with Gasteiger partial charge < -0.3 is 15.2 Å². The van der Waals surface area contributed by atoms with Crippen molar-refractivity contribution in [2.75, 3.05) is 18.5 Å². The number of hydrogen-bond donors (Lipinski definition) is 2. The molecule has 1 saturated heterocycles. The van der Waals surface area contributed by atoms with Crippen LogP contribution < -0.4 is 5.32 Å². The fourth-order valence-electron chi connectivity index (χ4n) is 1.81. The molecule has 2 N–H and O–H groups in total. The Bertz CT molecular complexity index is 483. The van der Waals surface area contributed by atoms with Gasteiger partial charge in [-0.15, -0.1) is 0 Å². The molecule has 1 aromatic heterocycles. The maximum Gasteiger partial charge on any atom is 0.329 e. The van der Waals surface area contributed by atoms with Gasteiger partial charge in [0.15, 0.2) is 0 Å². The number of nitrogens with zero attached hydrogens (tertiary/aromatic N) is 3. The van der Waals surface area contributed by atoms with Crippen molar-refractivity contribution in [3.05, 3.63) is 22.5 Å². The predicted octanol–water partition coefficient (Wildman–Crippen LogP) is 0.430. The number of nitro groups is 1. The largest absolute Gasteiger partial charge is 0.480 e. The number of carboxylic acid groups (broad SMARTS) is 1. The summed E-state index contributed by atoms with van der Waals surface area (Å²) in [7, 11) is 0. The van der Waals surface area contributed by atoms with Crippen LogP contribution in [0.2, 0.25) is 0 Å². The summed E-state index contributed by atoms with van der Waals surface area (Å²) in [4.78, 5) is 28.7. The van der Waals surface area contributed by atoms with Crippen molar-refractivity contribution in [2.45, 2.75) is 18.4 Å². The van der Waals surface area contributed by atoms with Crippen LogP contribution >= 0.6 is 0 Å². The number of nitrogens with one attached hydrogen (secondary N) is 1. The number of carbonyl (C=O) groups is 1. The van der Waals surface area contributed by atoms with E-state index in [9.17, 15) is 20.0 Å². The zero-order chi connectivity index (χ0) is 13.9. The van der Waals surface area contributed by atoms with Gasteiger partial charge in [0.2, 0.25) is 5.95 Å². The van der Waals surface area contributed by atoms with E-state index in [-0.39, 0.29) is 24.5 Å². The highest BCUT2D eigenvalue weighted by molar-refractivity contribution is 5.82. The number of anilines is 1. The molecule has 0 atom stereocenters. The summed E-state index contributed by atoms with van der Waals surface area (Å²) in [5.41, 5.74) is -1.43. The molecular formula is C10H12N4O5. The van der Waals surface area contributed by atoms with Crippen LogP contribution in [-0.2, 0) is 9.53 Å². The summed E-state index contributed by atoms with van der Waals surface area (Å²) in [6.45, 7) is 0.651. The van der Waals surface area contributed by atoms with Crippen molar-refractivity contribution in [3.63, 3.8) is 0 Å². The van der Waals surface area contributed by atoms with E-state index in [0.717, 1.165) is 12.4 Å². The van der Waals surface area contributed by atoms with Gasteiger partial charge in [0.25, 0.3) is 0 Å². The Morgan fingerprint density at radius 3 is 2.47 bits per heavy atom. The van der Waals surface area contributed by atoms with Crippen LogP contribution in [0.5, 0.6) is 0 Å². The van der Waals surface area contributed by atoms with Gasteiger partial charge in [0.1, 0.15) is 17.9 Å². The first-order chi connectivity index (χ1) is 9.03. The second kappa shape index (κ2) is 5.14. The number of aliphatic carboxylic acids is 1. The van der Waals surface area contributed by atoms with E-state index in [4.69, 9.17) is 4.74 Å². The first-order valence-corrected chi connectivity index (χ1v) is 5.59. The molecule has 0 spiro atoms. The maximum atomic E-state index is 11.4. The first-order valence-electron chi connectivity index (χ1n) is 5.59. The minimum atomic E-state index is -1.19. The molecule has 0 radical (unpaired) electrons. The smallest absolute Gasteiger partial charge is 0.329 e. The van der Waals surface area contributed by atoms with Crippen molar-refractivity contribution >= 4 is 17.6 Å². The molecule has 1 aliphatic rings. The van der Waals surface area contributed by atoms with E-state index < -0.39 is 16.4 Å². The number of ether oxygens (including phenoxy) is 1. The highest BCUT2D eigenvalue weighted by Gasteiger charge is 2.40. The average molecular weight is 268 g/mol. The van der Waals surface area contributed by atoms with Gasteiger partial charge in [-0.2, -0.15) is 0 Å². The van der Waals surface area contributed by atoms with Gasteiger partial charge in [-0.3, -0.25) is 10.1 Å². The molecule has 2 heterocycles. The molecule has 0 bridgehead atoms. The zero-order valence-corrected chi connectivity index (χ0v) is 9.90. The molecule has 1 aliphatic heterocycles. The van der Waals surface area contributed by atoms with Crippen LogP contribution in [0.15, 0.2) is 12.4 Å². The molecule has 102 valence electrons. The van der Waals surface area contributed by atoms with E-state index in [1.54, 1.807) is 0 Å². The molecule has 9 heteroatoms. The van der Waals surface area contributed by atoms with E-state index in [0.29, 0.717) is 13.2 Å². The Morgan fingerprint density at radius 2 is 2.00 bits per heavy atom. The molecule has 0 saturated carbocycles. The minimum Gasteiger partial charge on any atom is -0.480 e. The third-order valence-corrected chi connectivity index (χ3v) is 2.96. The number of carboxylic acids is 1. The Hall–Kier alpha value is -2.29. The Kier molecular flexibility index (Phi) is 3.56. The first kappa shape index (κ1) is 13.1. The van der Waals surface area contributed by atoms with Gasteiger partial charge in [-0.1, -0.05) is 0 Å². The lowest BCUT2D eigenvalue weighted by Gasteiger charge is -2.33. The van der Waals surface area contributed by atoms with Gasteiger partial charge in [-0.25, -0.2) is 14.8 Å². The molecule has 0 aliphatic carbocycles. The van der Waals surface area contributed by atoms with Crippen LogP contribution in [0.4, 0.5) is 11.6 Å². The molecule has 2 rings (SSSR count). The Balaban J connectivity index is 2.17. The molecule has 19 heavy (non-hydrogen) atoms. The molecule has 0 unspecified atom stereocenters. The third-order valence-electron chi connectivity index (χ3n) is 2.96. The molecule has 1 fully saturated rings. The molecular weight excluding hydrogens is 256 g/mol. The predicted molar refractivity (Wildman–Crippen MR) is 62.7 cm³/mol. The summed E-state index contributed by atoms with van der Waals surface area (Å²) < 4.78 is 5.13. The second-order valence-electron chi connectivity index (χ2n) is 4.15. The van der Waals surface area contributed by atoms with Crippen LogP contribution in [0.1, 0.15) is 12.8 Å². The normalized spacial score (nSPS) is 17.7. The van der Waals surface area contributed by atoms with E-state index in [2.05, 4.69) is 15.3 Å². The summed E-state index contributed by atoms with van der Waals surface area (Å²) in [5, 5.41) is 22.5. The summed E-state index contributed by atoms with van der Waals surface area (Å²) in [5.74, 6) is -0.965. The van der Waals surface area contributed by atoms with Crippen LogP contribution in [0.25, 0.3) is 0 Å². The lowest BCUT2D eigenvalue weighted by atomic mass is 9.90. The number of rotatable bonds is 4. The Morgan fingerprint density at radius 1 is 1.42 bits per heavy atom. The van der Waals surface area contributed by atoms with E-state index >= 15 is 0 Å². The van der Waals surface area contributed by atoms with Crippen LogP contribution in [0.3, 0.4) is 0 Å². The van der Waals surface area contributed by atoms with E-state index in [1.807, 2.05) is 0 Å². The lowest BCUT2D eigenvalue weighted by Crippen LogP contribution is -2.50. The zero-order valence-electron chi connectivity index (χ0n) is 9.90. The van der Waals surface area contributed by atoms with Gasteiger partial charge in [0, 0.05) is 26.1 Å². The van der Waals surface area contributed by atoms with E-state index in [1.165, 1.54) is 0 Å². The standard InChI is InChI=1S/C10H12N4O5/c15-8(16)10(1-3-19-4-2-10)13-9-11-5-7(6-12-9)14(17)18/h5-6H,1-4H2,(H,15,16)(H,11,12,13).